The molecule has 1 atom stereocenters. The van der Waals surface area contributed by atoms with Crippen LogP contribution in [-0.2, 0) is 0 Å². The van der Waals surface area contributed by atoms with Gasteiger partial charge < -0.3 is 10.2 Å². The molecule has 1 heterocycles. The van der Waals surface area contributed by atoms with Crippen LogP contribution in [0.15, 0.2) is 48.5 Å². The molecule has 2 aromatic rings. The van der Waals surface area contributed by atoms with E-state index in [-0.39, 0.29) is 17.7 Å². The lowest BCUT2D eigenvalue weighted by Crippen LogP contribution is -2.47. The predicted octanol–water partition coefficient (Wildman–Crippen LogP) is 2.88. The Kier molecular flexibility index (Phi) is 5.24. The summed E-state index contributed by atoms with van der Waals surface area (Å²) < 4.78 is 13.1. The van der Waals surface area contributed by atoms with Crippen molar-refractivity contribution in [1.29, 1.82) is 0 Å². The molecule has 1 aliphatic rings. The highest BCUT2D eigenvalue weighted by Gasteiger charge is 2.26. The number of hydrogen-bond acceptors (Lipinski definition) is 3. The fourth-order valence-electron chi connectivity index (χ4n) is 3.19. The molecular formula is C20H21FN2O2. The fraction of sp³-hybridized carbons (Fsp3) is 0.300. The maximum Gasteiger partial charge on any atom is 0.254 e. The van der Waals surface area contributed by atoms with Gasteiger partial charge in [-0.05, 0) is 50.2 Å². The van der Waals surface area contributed by atoms with Gasteiger partial charge in [-0.15, -0.1) is 0 Å². The number of carbonyl (C=O) groups excluding carboxylic acids is 2. The van der Waals surface area contributed by atoms with E-state index in [9.17, 15) is 14.0 Å². The Morgan fingerprint density at radius 2 is 1.76 bits per heavy atom. The van der Waals surface area contributed by atoms with Crippen molar-refractivity contribution in [1.82, 2.24) is 10.2 Å². The van der Waals surface area contributed by atoms with Gasteiger partial charge in [0.05, 0.1) is 5.56 Å². The molecule has 1 N–H and O–H groups in total. The van der Waals surface area contributed by atoms with Gasteiger partial charge in [0.25, 0.3) is 5.91 Å². The third-order valence-electron chi connectivity index (χ3n) is 4.63. The lowest BCUT2D eigenvalue weighted by atomic mass is 9.96. The van der Waals surface area contributed by atoms with E-state index in [1.165, 1.54) is 24.3 Å². The molecule has 3 rings (SSSR count). The molecule has 0 radical (unpaired) electrons. The highest BCUT2D eigenvalue weighted by atomic mass is 19.1. The van der Waals surface area contributed by atoms with E-state index in [4.69, 9.17) is 0 Å². The molecule has 4 nitrogen and oxygen atoms in total. The molecule has 1 amide bonds. The minimum Gasteiger partial charge on any atom is -0.337 e. The van der Waals surface area contributed by atoms with Gasteiger partial charge in [0, 0.05) is 30.3 Å². The molecule has 0 saturated carbocycles. The number of halogens is 1. The Labute approximate surface area is 146 Å². The zero-order chi connectivity index (χ0) is 17.8. The smallest absolute Gasteiger partial charge is 0.254 e. The van der Waals surface area contributed by atoms with Gasteiger partial charge in [0.1, 0.15) is 5.82 Å². The normalized spacial score (nSPS) is 17.4. The first-order valence-electron chi connectivity index (χ1n) is 8.46. The Balaban J connectivity index is 1.89. The lowest BCUT2D eigenvalue weighted by Gasteiger charge is -2.33. The molecule has 0 bridgehead atoms. The third kappa shape index (κ3) is 3.77. The van der Waals surface area contributed by atoms with Crippen molar-refractivity contribution in [2.24, 2.45) is 0 Å². The molecule has 130 valence electrons. The van der Waals surface area contributed by atoms with Crippen molar-refractivity contribution in [3.05, 3.63) is 71.0 Å². The third-order valence-corrected chi connectivity index (χ3v) is 4.63. The zero-order valence-electron chi connectivity index (χ0n) is 14.2. The minimum absolute atomic E-state index is 0.133. The number of hydrogen-bond donors (Lipinski definition) is 1. The average Bonchev–Trinajstić information content (AvgIpc) is 2.67. The Morgan fingerprint density at radius 3 is 2.44 bits per heavy atom. The summed E-state index contributed by atoms with van der Waals surface area (Å²) in [6.45, 7) is 1.32. The van der Waals surface area contributed by atoms with Gasteiger partial charge in [0.2, 0.25) is 0 Å². The number of amides is 1. The van der Waals surface area contributed by atoms with Crippen LogP contribution in [0, 0.1) is 5.82 Å². The predicted molar refractivity (Wildman–Crippen MR) is 94.3 cm³/mol. The van der Waals surface area contributed by atoms with E-state index < -0.39 is 5.82 Å². The number of likely N-dealkylation sites (N-methyl/N-ethyl adjacent to an activating group) is 1. The quantitative estimate of drug-likeness (QED) is 0.871. The van der Waals surface area contributed by atoms with E-state index in [2.05, 4.69) is 5.32 Å². The lowest BCUT2D eigenvalue weighted by molar-refractivity contribution is 0.0694. The summed E-state index contributed by atoms with van der Waals surface area (Å²) in [5.74, 6) is -0.801. The molecular weight excluding hydrogens is 319 g/mol. The van der Waals surface area contributed by atoms with Crippen LogP contribution in [-0.4, -0.2) is 42.8 Å². The minimum atomic E-state index is -0.396. The highest BCUT2D eigenvalue weighted by Crippen LogP contribution is 2.19. The van der Waals surface area contributed by atoms with Crippen LogP contribution in [0.3, 0.4) is 0 Å². The van der Waals surface area contributed by atoms with E-state index in [0.29, 0.717) is 29.8 Å². The van der Waals surface area contributed by atoms with E-state index >= 15 is 0 Å². The van der Waals surface area contributed by atoms with E-state index in [1.54, 1.807) is 29.2 Å². The molecule has 1 unspecified atom stereocenters. The Hall–Kier alpha value is -2.53. The summed E-state index contributed by atoms with van der Waals surface area (Å²) in [5, 5.41) is 3.21. The molecule has 1 aliphatic heterocycles. The molecule has 5 heteroatoms. The first kappa shape index (κ1) is 17.3. The van der Waals surface area contributed by atoms with Crippen molar-refractivity contribution >= 4 is 11.7 Å². The van der Waals surface area contributed by atoms with Crippen molar-refractivity contribution in [2.75, 3.05) is 20.1 Å². The molecule has 2 aromatic carbocycles. The maximum absolute atomic E-state index is 13.1. The summed E-state index contributed by atoms with van der Waals surface area (Å²) in [6.07, 6.45) is 1.97. The van der Waals surface area contributed by atoms with Crippen molar-refractivity contribution < 1.29 is 14.0 Å². The number of ketones is 1. The molecule has 1 fully saturated rings. The Morgan fingerprint density at radius 1 is 1.08 bits per heavy atom. The molecule has 0 spiro atoms. The maximum atomic E-state index is 13.1. The second-order valence-electron chi connectivity index (χ2n) is 6.26. The van der Waals surface area contributed by atoms with Gasteiger partial charge in [-0.2, -0.15) is 0 Å². The first-order chi connectivity index (χ1) is 12.1. The molecule has 0 aliphatic carbocycles. The number of nitrogens with zero attached hydrogens (tertiary/aromatic N) is 1. The van der Waals surface area contributed by atoms with Crippen LogP contribution in [0.4, 0.5) is 4.39 Å². The summed E-state index contributed by atoms with van der Waals surface area (Å²) in [5.41, 5.74) is 1.12. The van der Waals surface area contributed by atoms with E-state index in [1.807, 2.05) is 7.05 Å². The Bertz CT molecular complexity index is 774. The fourth-order valence-corrected chi connectivity index (χ4v) is 3.19. The van der Waals surface area contributed by atoms with Crippen LogP contribution in [0.25, 0.3) is 0 Å². The van der Waals surface area contributed by atoms with Gasteiger partial charge in [-0.3, -0.25) is 9.59 Å². The largest absolute Gasteiger partial charge is 0.337 e. The topological polar surface area (TPSA) is 49.4 Å². The van der Waals surface area contributed by atoms with Crippen LogP contribution in [0.5, 0.6) is 0 Å². The summed E-state index contributed by atoms with van der Waals surface area (Å²) in [6, 6.07) is 12.5. The van der Waals surface area contributed by atoms with Crippen LogP contribution in [0.2, 0.25) is 0 Å². The van der Waals surface area contributed by atoms with Gasteiger partial charge in [0.15, 0.2) is 5.78 Å². The van der Waals surface area contributed by atoms with Crippen molar-refractivity contribution in [3.8, 4) is 0 Å². The average molecular weight is 340 g/mol. The van der Waals surface area contributed by atoms with Crippen LogP contribution in [0.1, 0.15) is 39.1 Å². The highest BCUT2D eigenvalue weighted by molar-refractivity contribution is 6.15. The van der Waals surface area contributed by atoms with Gasteiger partial charge in [-0.1, -0.05) is 18.2 Å². The monoisotopic (exact) mass is 340 g/mol. The van der Waals surface area contributed by atoms with Gasteiger partial charge >= 0.3 is 0 Å². The summed E-state index contributed by atoms with van der Waals surface area (Å²) in [4.78, 5) is 27.5. The summed E-state index contributed by atoms with van der Waals surface area (Å²) in [7, 11) is 1.89. The molecule has 0 aromatic heterocycles. The summed E-state index contributed by atoms with van der Waals surface area (Å²) >= 11 is 0. The van der Waals surface area contributed by atoms with Crippen molar-refractivity contribution in [2.45, 2.75) is 18.9 Å². The number of carbonyl (C=O) groups is 2. The number of benzene rings is 2. The van der Waals surface area contributed by atoms with Crippen molar-refractivity contribution in [3.63, 3.8) is 0 Å². The molecule has 1 saturated heterocycles. The number of likely N-dealkylation sites (tertiary alicyclic amines) is 1. The second-order valence-corrected chi connectivity index (χ2v) is 6.26. The van der Waals surface area contributed by atoms with Crippen LogP contribution < -0.4 is 5.32 Å². The van der Waals surface area contributed by atoms with E-state index in [0.717, 1.165) is 12.8 Å². The number of piperidine rings is 1. The van der Waals surface area contributed by atoms with Crippen LogP contribution >= 0.6 is 0 Å². The second kappa shape index (κ2) is 7.57. The number of nitrogens with one attached hydrogen (secondary N) is 1. The SMILES string of the molecule is CNC1CCCN(C(=O)c2ccccc2C(=O)c2ccc(F)cc2)C1. The zero-order valence-corrected chi connectivity index (χ0v) is 14.2. The van der Waals surface area contributed by atoms with Gasteiger partial charge in [-0.25, -0.2) is 4.39 Å². The molecule has 25 heavy (non-hydrogen) atoms. The standard InChI is InChI=1S/C20H21FN2O2/c1-22-16-5-4-12-23(13-16)20(25)18-7-3-2-6-17(18)19(24)14-8-10-15(21)11-9-14/h2-3,6-11,16,22H,4-5,12-13H2,1H3. The first-order valence-corrected chi connectivity index (χ1v) is 8.46. The number of rotatable bonds is 4.